The predicted octanol–water partition coefficient (Wildman–Crippen LogP) is 2.86. The van der Waals surface area contributed by atoms with Gasteiger partial charge < -0.3 is 15.4 Å². The second-order valence-corrected chi connectivity index (χ2v) is 4.63. The number of nitrogen functional groups attached to an aromatic ring is 1. The van der Waals surface area contributed by atoms with Gasteiger partial charge in [-0.05, 0) is 55.0 Å². The fourth-order valence-corrected chi connectivity index (χ4v) is 1.93. The Labute approximate surface area is 118 Å². The molecule has 0 aromatic heterocycles. The molecule has 0 heterocycles. The Morgan fingerprint density at radius 2 is 1.80 bits per heavy atom. The van der Waals surface area contributed by atoms with Crippen molar-refractivity contribution in [3.8, 4) is 5.75 Å². The molecule has 0 aliphatic carbocycles. The van der Waals surface area contributed by atoms with E-state index in [-0.39, 0.29) is 5.91 Å². The molecule has 0 saturated carbocycles. The Hall–Kier alpha value is -2.49. The van der Waals surface area contributed by atoms with E-state index in [4.69, 9.17) is 10.5 Å². The number of nitrogens with two attached hydrogens (primary N) is 1. The molecule has 0 aliphatic rings. The summed E-state index contributed by atoms with van der Waals surface area (Å²) in [5, 5.41) is 0. The number of carbonyl (C=O) groups is 1. The van der Waals surface area contributed by atoms with Crippen LogP contribution in [0.5, 0.6) is 5.75 Å². The Kier molecular flexibility index (Phi) is 3.94. The molecule has 4 heteroatoms. The molecule has 104 valence electrons. The molecule has 0 fully saturated rings. The summed E-state index contributed by atoms with van der Waals surface area (Å²) in [7, 11) is 3.36. The SMILES string of the molecule is COc1ccc(N(C)C(=O)c2ccc(N)c(C)c2)cc1. The molecular formula is C16H18N2O2. The smallest absolute Gasteiger partial charge is 0.258 e. The third kappa shape index (κ3) is 2.74. The van der Waals surface area contributed by atoms with Crippen LogP contribution in [0.1, 0.15) is 15.9 Å². The lowest BCUT2D eigenvalue weighted by Gasteiger charge is -2.18. The van der Waals surface area contributed by atoms with Crippen LogP contribution in [0.3, 0.4) is 0 Å². The zero-order chi connectivity index (χ0) is 14.7. The van der Waals surface area contributed by atoms with Gasteiger partial charge in [-0.2, -0.15) is 0 Å². The standard InChI is InChI=1S/C16H18N2O2/c1-11-10-12(4-9-15(11)17)16(19)18(2)13-5-7-14(20-3)8-6-13/h4-10H,17H2,1-3H3. The lowest BCUT2D eigenvalue weighted by atomic mass is 10.1. The van der Waals surface area contributed by atoms with Crippen molar-refractivity contribution >= 4 is 17.3 Å². The Bertz CT molecular complexity index is 621. The molecule has 0 aliphatic heterocycles. The van der Waals surface area contributed by atoms with Crippen molar-refractivity contribution in [1.82, 2.24) is 0 Å². The van der Waals surface area contributed by atoms with Gasteiger partial charge in [-0.25, -0.2) is 0 Å². The summed E-state index contributed by atoms with van der Waals surface area (Å²) in [6.07, 6.45) is 0. The fraction of sp³-hybridized carbons (Fsp3) is 0.188. The number of carbonyl (C=O) groups excluding carboxylic acids is 1. The molecule has 2 aromatic carbocycles. The summed E-state index contributed by atoms with van der Waals surface area (Å²) in [5.74, 6) is 0.691. The molecule has 2 N–H and O–H groups in total. The maximum Gasteiger partial charge on any atom is 0.258 e. The number of aryl methyl sites for hydroxylation is 1. The zero-order valence-electron chi connectivity index (χ0n) is 11.9. The van der Waals surface area contributed by atoms with Crippen molar-refractivity contribution in [1.29, 1.82) is 0 Å². The second kappa shape index (κ2) is 5.65. The van der Waals surface area contributed by atoms with E-state index in [0.717, 1.165) is 17.0 Å². The highest BCUT2D eigenvalue weighted by atomic mass is 16.5. The molecule has 2 aromatic rings. The van der Waals surface area contributed by atoms with E-state index < -0.39 is 0 Å². The third-order valence-corrected chi connectivity index (χ3v) is 3.28. The van der Waals surface area contributed by atoms with Gasteiger partial charge in [0, 0.05) is 24.0 Å². The molecular weight excluding hydrogens is 252 g/mol. The summed E-state index contributed by atoms with van der Waals surface area (Å²) in [6.45, 7) is 1.89. The van der Waals surface area contributed by atoms with Crippen molar-refractivity contribution < 1.29 is 9.53 Å². The summed E-state index contributed by atoms with van der Waals surface area (Å²) >= 11 is 0. The lowest BCUT2D eigenvalue weighted by Crippen LogP contribution is -2.26. The van der Waals surface area contributed by atoms with Gasteiger partial charge in [0.05, 0.1) is 7.11 Å². The average Bonchev–Trinajstić information content (AvgIpc) is 2.48. The van der Waals surface area contributed by atoms with Crippen molar-refractivity contribution in [3.63, 3.8) is 0 Å². The predicted molar refractivity (Wildman–Crippen MR) is 81.3 cm³/mol. The quantitative estimate of drug-likeness (QED) is 0.872. The first kappa shape index (κ1) is 13.9. The van der Waals surface area contributed by atoms with Crippen molar-refractivity contribution in [3.05, 3.63) is 53.6 Å². The van der Waals surface area contributed by atoms with Crippen LogP contribution in [0.2, 0.25) is 0 Å². The van der Waals surface area contributed by atoms with Gasteiger partial charge in [-0.3, -0.25) is 4.79 Å². The Morgan fingerprint density at radius 3 is 2.35 bits per heavy atom. The maximum atomic E-state index is 12.4. The van der Waals surface area contributed by atoms with Crippen molar-refractivity contribution in [2.24, 2.45) is 0 Å². The number of nitrogens with zero attached hydrogens (tertiary/aromatic N) is 1. The Morgan fingerprint density at radius 1 is 1.15 bits per heavy atom. The van der Waals surface area contributed by atoms with Crippen molar-refractivity contribution in [2.75, 3.05) is 24.8 Å². The normalized spacial score (nSPS) is 10.2. The number of methoxy groups -OCH3 is 1. The largest absolute Gasteiger partial charge is 0.497 e. The summed E-state index contributed by atoms with van der Waals surface area (Å²) in [4.78, 5) is 14.0. The van der Waals surface area contributed by atoms with E-state index in [2.05, 4.69) is 0 Å². The summed E-state index contributed by atoms with van der Waals surface area (Å²) in [5.41, 5.74) is 8.79. The van der Waals surface area contributed by atoms with E-state index >= 15 is 0 Å². The third-order valence-electron chi connectivity index (χ3n) is 3.28. The highest BCUT2D eigenvalue weighted by Gasteiger charge is 2.14. The molecule has 0 radical (unpaired) electrons. The minimum Gasteiger partial charge on any atom is -0.497 e. The van der Waals surface area contributed by atoms with Crippen LogP contribution in [0.25, 0.3) is 0 Å². The first-order valence-corrected chi connectivity index (χ1v) is 6.31. The summed E-state index contributed by atoms with van der Waals surface area (Å²) < 4.78 is 5.11. The fourth-order valence-electron chi connectivity index (χ4n) is 1.93. The number of hydrogen-bond donors (Lipinski definition) is 1. The van der Waals surface area contributed by atoms with Gasteiger partial charge in [0.1, 0.15) is 5.75 Å². The zero-order valence-corrected chi connectivity index (χ0v) is 11.9. The molecule has 1 amide bonds. The topological polar surface area (TPSA) is 55.6 Å². The Balaban J connectivity index is 2.24. The minimum absolute atomic E-state index is 0.0710. The summed E-state index contributed by atoms with van der Waals surface area (Å²) in [6, 6.07) is 12.6. The number of amides is 1. The van der Waals surface area contributed by atoms with Crippen molar-refractivity contribution in [2.45, 2.75) is 6.92 Å². The molecule has 0 unspecified atom stereocenters. The van der Waals surface area contributed by atoms with Crippen LogP contribution in [0, 0.1) is 6.92 Å². The van der Waals surface area contributed by atoms with Gasteiger partial charge >= 0.3 is 0 Å². The lowest BCUT2D eigenvalue weighted by molar-refractivity contribution is 0.0993. The van der Waals surface area contributed by atoms with Gasteiger partial charge in [0.15, 0.2) is 0 Å². The number of ether oxygens (including phenoxy) is 1. The van der Waals surface area contributed by atoms with E-state index in [0.29, 0.717) is 11.3 Å². The van der Waals surface area contributed by atoms with Crippen LogP contribution < -0.4 is 15.4 Å². The van der Waals surface area contributed by atoms with E-state index in [1.807, 2.05) is 31.2 Å². The van der Waals surface area contributed by atoms with Gasteiger partial charge in [-0.15, -0.1) is 0 Å². The molecule has 0 saturated heterocycles. The number of rotatable bonds is 3. The van der Waals surface area contributed by atoms with E-state index in [9.17, 15) is 4.79 Å². The first-order valence-electron chi connectivity index (χ1n) is 6.31. The molecule has 0 bridgehead atoms. The highest BCUT2D eigenvalue weighted by Crippen LogP contribution is 2.21. The van der Waals surface area contributed by atoms with Crippen LogP contribution >= 0.6 is 0 Å². The molecule has 20 heavy (non-hydrogen) atoms. The molecule has 2 rings (SSSR count). The monoisotopic (exact) mass is 270 g/mol. The van der Waals surface area contributed by atoms with E-state index in [1.54, 1.807) is 37.3 Å². The number of anilines is 2. The molecule has 0 spiro atoms. The van der Waals surface area contributed by atoms with Crippen LogP contribution in [-0.2, 0) is 0 Å². The van der Waals surface area contributed by atoms with E-state index in [1.165, 1.54) is 0 Å². The van der Waals surface area contributed by atoms with Crippen LogP contribution in [0.4, 0.5) is 11.4 Å². The second-order valence-electron chi connectivity index (χ2n) is 4.63. The van der Waals surface area contributed by atoms with Crippen LogP contribution in [0.15, 0.2) is 42.5 Å². The van der Waals surface area contributed by atoms with Gasteiger partial charge in [0.2, 0.25) is 0 Å². The number of hydrogen-bond acceptors (Lipinski definition) is 3. The number of benzene rings is 2. The first-order chi connectivity index (χ1) is 9.52. The highest BCUT2D eigenvalue weighted by molar-refractivity contribution is 6.06. The van der Waals surface area contributed by atoms with Crippen LogP contribution in [-0.4, -0.2) is 20.1 Å². The average molecular weight is 270 g/mol. The maximum absolute atomic E-state index is 12.4. The molecule has 4 nitrogen and oxygen atoms in total. The molecule has 0 atom stereocenters. The van der Waals surface area contributed by atoms with Gasteiger partial charge in [-0.1, -0.05) is 0 Å². The minimum atomic E-state index is -0.0710. The van der Waals surface area contributed by atoms with Gasteiger partial charge in [0.25, 0.3) is 5.91 Å².